The van der Waals surface area contributed by atoms with Crippen LogP contribution in [0.25, 0.3) is 0 Å². The summed E-state index contributed by atoms with van der Waals surface area (Å²) in [5, 5.41) is 0. The highest BCUT2D eigenvalue weighted by Gasteiger charge is 2.21. The normalized spacial score (nSPS) is 21.8. The molecule has 4 nitrogen and oxygen atoms in total. The van der Waals surface area contributed by atoms with Crippen molar-refractivity contribution in [1.82, 2.24) is 9.88 Å². The third-order valence-electron chi connectivity index (χ3n) is 2.63. The molecule has 80 valence electrons. The molecule has 1 fully saturated rings. The summed E-state index contributed by atoms with van der Waals surface area (Å²) in [6, 6.07) is 5.61. The molecule has 1 saturated heterocycles. The van der Waals surface area contributed by atoms with Crippen LogP contribution < -0.4 is 5.73 Å². The molecule has 2 rings (SSSR count). The zero-order chi connectivity index (χ0) is 10.7. The van der Waals surface area contributed by atoms with Gasteiger partial charge in [-0.25, -0.2) is 0 Å². The molecule has 2 N–H and O–H groups in total. The lowest BCUT2D eigenvalue weighted by molar-refractivity contribution is 0.0940. The number of pyridine rings is 1. The van der Waals surface area contributed by atoms with Crippen LogP contribution in [0.3, 0.4) is 0 Å². The molecule has 1 aromatic rings. The molecule has 1 atom stereocenters. The van der Waals surface area contributed by atoms with Gasteiger partial charge < -0.3 is 5.73 Å². The van der Waals surface area contributed by atoms with Gasteiger partial charge in [-0.05, 0) is 18.6 Å². The fraction of sp³-hybridized carbons (Fsp3) is 0.455. The van der Waals surface area contributed by atoms with E-state index >= 15 is 0 Å². The van der Waals surface area contributed by atoms with Crippen molar-refractivity contribution < 1.29 is 4.79 Å². The molecule has 0 aliphatic carbocycles. The fourth-order valence-corrected chi connectivity index (χ4v) is 1.82. The predicted octanol–water partition coefficient (Wildman–Crippen LogP) is 0.297. The molecule has 0 radical (unpaired) electrons. The summed E-state index contributed by atoms with van der Waals surface area (Å²) in [7, 11) is 0. The van der Waals surface area contributed by atoms with Gasteiger partial charge in [0.15, 0.2) is 5.78 Å². The van der Waals surface area contributed by atoms with E-state index in [0.717, 1.165) is 19.5 Å². The summed E-state index contributed by atoms with van der Waals surface area (Å²) >= 11 is 0. The molecule has 0 saturated carbocycles. The number of hydrogen-bond donors (Lipinski definition) is 1. The molecule has 0 amide bonds. The number of carbonyl (C=O) groups excluding carboxylic acids is 1. The van der Waals surface area contributed by atoms with E-state index in [9.17, 15) is 4.79 Å². The highest BCUT2D eigenvalue weighted by Crippen LogP contribution is 2.07. The van der Waals surface area contributed by atoms with Crippen LogP contribution in [0.2, 0.25) is 0 Å². The van der Waals surface area contributed by atoms with E-state index in [0.29, 0.717) is 12.2 Å². The average Bonchev–Trinajstić information content (AvgIpc) is 2.65. The molecule has 1 aliphatic heterocycles. The van der Waals surface area contributed by atoms with Crippen LogP contribution in [0, 0.1) is 0 Å². The standard InChI is InChI=1S/C11H15N3O/c12-9-4-6-14(7-9)8-11(15)10-3-1-2-5-13-10/h1-3,5,9H,4,6-8,12H2/t9-/m1/s1. The number of rotatable bonds is 3. The van der Waals surface area contributed by atoms with Gasteiger partial charge in [0.25, 0.3) is 0 Å². The van der Waals surface area contributed by atoms with E-state index < -0.39 is 0 Å². The Balaban J connectivity index is 1.93. The van der Waals surface area contributed by atoms with Crippen molar-refractivity contribution >= 4 is 5.78 Å². The van der Waals surface area contributed by atoms with Gasteiger partial charge in [-0.1, -0.05) is 6.07 Å². The van der Waals surface area contributed by atoms with Gasteiger partial charge in [0, 0.05) is 25.3 Å². The number of nitrogens with zero attached hydrogens (tertiary/aromatic N) is 2. The molecule has 1 aliphatic rings. The third kappa shape index (κ3) is 2.61. The van der Waals surface area contributed by atoms with E-state index in [2.05, 4.69) is 9.88 Å². The van der Waals surface area contributed by atoms with Crippen LogP contribution in [0.1, 0.15) is 16.9 Å². The van der Waals surface area contributed by atoms with Gasteiger partial charge in [0.1, 0.15) is 5.69 Å². The number of likely N-dealkylation sites (tertiary alicyclic amines) is 1. The van der Waals surface area contributed by atoms with Crippen LogP contribution in [0.5, 0.6) is 0 Å². The predicted molar refractivity (Wildman–Crippen MR) is 57.6 cm³/mol. The first-order chi connectivity index (χ1) is 7.25. The van der Waals surface area contributed by atoms with Crippen molar-refractivity contribution in [2.75, 3.05) is 19.6 Å². The Morgan fingerprint density at radius 1 is 1.60 bits per heavy atom. The van der Waals surface area contributed by atoms with Crippen molar-refractivity contribution in [2.24, 2.45) is 5.73 Å². The molecule has 0 bridgehead atoms. The largest absolute Gasteiger partial charge is 0.326 e. The molecule has 0 spiro atoms. The summed E-state index contributed by atoms with van der Waals surface area (Å²) < 4.78 is 0. The average molecular weight is 205 g/mol. The van der Waals surface area contributed by atoms with Gasteiger partial charge in [-0.2, -0.15) is 0 Å². The monoisotopic (exact) mass is 205 g/mol. The second-order valence-electron chi connectivity index (χ2n) is 3.92. The topological polar surface area (TPSA) is 59.2 Å². The highest BCUT2D eigenvalue weighted by molar-refractivity contribution is 5.95. The summed E-state index contributed by atoms with van der Waals surface area (Å²) in [6.45, 7) is 2.17. The maximum atomic E-state index is 11.8. The van der Waals surface area contributed by atoms with Crippen LogP contribution >= 0.6 is 0 Å². The molecule has 1 aromatic heterocycles. The number of hydrogen-bond acceptors (Lipinski definition) is 4. The van der Waals surface area contributed by atoms with Crippen molar-refractivity contribution in [3.8, 4) is 0 Å². The van der Waals surface area contributed by atoms with Gasteiger partial charge in [-0.15, -0.1) is 0 Å². The summed E-state index contributed by atoms with van der Waals surface area (Å²) in [5.41, 5.74) is 6.31. The SMILES string of the molecule is N[C@@H]1CCN(CC(=O)c2ccccn2)C1. The van der Waals surface area contributed by atoms with E-state index in [1.54, 1.807) is 12.3 Å². The van der Waals surface area contributed by atoms with Crippen LogP contribution in [-0.4, -0.2) is 41.3 Å². The molecule has 0 aromatic carbocycles. The van der Waals surface area contributed by atoms with Crippen molar-refractivity contribution in [1.29, 1.82) is 0 Å². The molecular weight excluding hydrogens is 190 g/mol. The highest BCUT2D eigenvalue weighted by atomic mass is 16.1. The number of nitrogens with two attached hydrogens (primary N) is 1. The molecule has 0 unspecified atom stereocenters. The Bertz CT molecular complexity index is 339. The zero-order valence-electron chi connectivity index (χ0n) is 8.60. The lowest BCUT2D eigenvalue weighted by atomic mass is 10.2. The lowest BCUT2D eigenvalue weighted by Gasteiger charge is -2.13. The van der Waals surface area contributed by atoms with E-state index in [-0.39, 0.29) is 11.8 Å². The molecular formula is C11H15N3O. The molecule has 2 heterocycles. The van der Waals surface area contributed by atoms with Crippen LogP contribution in [0.4, 0.5) is 0 Å². The van der Waals surface area contributed by atoms with Crippen molar-refractivity contribution in [3.63, 3.8) is 0 Å². The summed E-state index contributed by atoms with van der Waals surface area (Å²) in [6.07, 6.45) is 2.62. The van der Waals surface area contributed by atoms with E-state index in [1.807, 2.05) is 12.1 Å². The van der Waals surface area contributed by atoms with Crippen LogP contribution in [0.15, 0.2) is 24.4 Å². The Hall–Kier alpha value is -1.26. The summed E-state index contributed by atoms with van der Waals surface area (Å²) in [4.78, 5) is 17.9. The maximum Gasteiger partial charge on any atom is 0.195 e. The number of carbonyl (C=O) groups is 1. The van der Waals surface area contributed by atoms with Crippen molar-refractivity contribution in [3.05, 3.63) is 30.1 Å². The fourth-order valence-electron chi connectivity index (χ4n) is 1.82. The maximum absolute atomic E-state index is 11.8. The third-order valence-corrected chi connectivity index (χ3v) is 2.63. The number of ketones is 1. The Morgan fingerprint density at radius 3 is 3.07 bits per heavy atom. The molecule has 4 heteroatoms. The number of Topliss-reactive ketones (excluding diaryl/α,β-unsaturated/α-hetero) is 1. The minimum Gasteiger partial charge on any atom is -0.326 e. The first-order valence-electron chi connectivity index (χ1n) is 5.18. The minimum absolute atomic E-state index is 0.0738. The van der Waals surface area contributed by atoms with Crippen LogP contribution in [-0.2, 0) is 0 Å². The zero-order valence-corrected chi connectivity index (χ0v) is 8.60. The van der Waals surface area contributed by atoms with Crippen molar-refractivity contribution in [2.45, 2.75) is 12.5 Å². The smallest absolute Gasteiger partial charge is 0.195 e. The van der Waals surface area contributed by atoms with E-state index in [1.165, 1.54) is 0 Å². The Morgan fingerprint density at radius 2 is 2.47 bits per heavy atom. The lowest BCUT2D eigenvalue weighted by Crippen LogP contribution is -2.31. The van der Waals surface area contributed by atoms with Gasteiger partial charge in [-0.3, -0.25) is 14.7 Å². The first kappa shape index (κ1) is 10.3. The van der Waals surface area contributed by atoms with E-state index in [4.69, 9.17) is 5.73 Å². The number of aromatic nitrogens is 1. The Kier molecular flexibility index (Phi) is 3.08. The van der Waals surface area contributed by atoms with Gasteiger partial charge in [0.05, 0.1) is 6.54 Å². The minimum atomic E-state index is 0.0738. The van der Waals surface area contributed by atoms with Gasteiger partial charge >= 0.3 is 0 Å². The quantitative estimate of drug-likeness (QED) is 0.721. The second kappa shape index (κ2) is 4.51. The summed E-state index contributed by atoms with van der Waals surface area (Å²) in [5.74, 6) is 0.0738. The molecule has 15 heavy (non-hydrogen) atoms. The first-order valence-corrected chi connectivity index (χ1v) is 5.18. The second-order valence-corrected chi connectivity index (χ2v) is 3.92. The Labute approximate surface area is 89.1 Å². The van der Waals surface area contributed by atoms with Gasteiger partial charge in [0.2, 0.25) is 0 Å².